The van der Waals surface area contributed by atoms with E-state index in [1.165, 1.54) is 0 Å². The Kier molecular flexibility index (Phi) is 4.93. The fourth-order valence-electron chi connectivity index (χ4n) is 2.49. The van der Waals surface area contributed by atoms with Crippen molar-refractivity contribution in [2.24, 2.45) is 5.92 Å². The molecular formula is C13H21N3O3. The van der Waals surface area contributed by atoms with Gasteiger partial charge >= 0.3 is 5.97 Å². The summed E-state index contributed by atoms with van der Waals surface area (Å²) in [7, 11) is 1.68. The van der Waals surface area contributed by atoms with Crippen LogP contribution in [-0.2, 0) is 22.6 Å². The average Bonchev–Trinajstić information content (AvgIpc) is 2.84. The first-order chi connectivity index (χ1) is 9.20. The quantitative estimate of drug-likeness (QED) is 0.826. The lowest BCUT2D eigenvalue weighted by Crippen LogP contribution is -2.38. The summed E-state index contributed by atoms with van der Waals surface area (Å²) < 4.78 is 7.13. The molecule has 1 aromatic heterocycles. The Morgan fingerprint density at radius 3 is 3.21 bits per heavy atom. The summed E-state index contributed by atoms with van der Waals surface area (Å²) in [6.45, 7) is 3.71. The zero-order valence-electron chi connectivity index (χ0n) is 11.3. The lowest BCUT2D eigenvalue weighted by atomic mass is 9.98. The number of aromatic nitrogens is 2. The number of hydrogen-bond donors (Lipinski definition) is 1. The number of imidazole rings is 1. The number of methoxy groups -OCH3 is 1. The summed E-state index contributed by atoms with van der Waals surface area (Å²) in [5, 5.41) is 9.09. The van der Waals surface area contributed by atoms with Crippen molar-refractivity contribution >= 4 is 5.97 Å². The first-order valence-corrected chi connectivity index (χ1v) is 6.65. The van der Waals surface area contributed by atoms with E-state index in [1.54, 1.807) is 13.3 Å². The van der Waals surface area contributed by atoms with E-state index in [0.29, 0.717) is 19.7 Å². The van der Waals surface area contributed by atoms with Gasteiger partial charge in [0.1, 0.15) is 5.82 Å². The van der Waals surface area contributed by atoms with Gasteiger partial charge in [0.25, 0.3) is 0 Å². The Labute approximate surface area is 113 Å². The summed E-state index contributed by atoms with van der Waals surface area (Å²) in [5.41, 5.74) is 0. The predicted octanol–water partition coefficient (Wildman–Crippen LogP) is 0.826. The maximum Gasteiger partial charge on any atom is 0.307 e. The van der Waals surface area contributed by atoms with Gasteiger partial charge in [-0.3, -0.25) is 9.69 Å². The lowest BCUT2D eigenvalue weighted by molar-refractivity contribution is -0.143. The summed E-state index contributed by atoms with van der Waals surface area (Å²) in [5.74, 6) is 0.0478. The van der Waals surface area contributed by atoms with Crippen LogP contribution >= 0.6 is 0 Å². The third-order valence-corrected chi connectivity index (χ3v) is 3.56. The second-order valence-corrected chi connectivity index (χ2v) is 4.94. The van der Waals surface area contributed by atoms with Crippen molar-refractivity contribution in [2.45, 2.75) is 25.9 Å². The molecule has 0 spiro atoms. The first kappa shape index (κ1) is 14.0. The van der Waals surface area contributed by atoms with Gasteiger partial charge in [0, 0.05) is 32.6 Å². The summed E-state index contributed by atoms with van der Waals surface area (Å²) in [6.07, 6.45) is 5.44. The molecule has 1 fully saturated rings. The Hall–Kier alpha value is -1.40. The maximum atomic E-state index is 11.0. The first-order valence-electron chi connectivity index (χ1n) is 6.65. The Bertz CT molecular complexity index is 419. The molecule has 0 aromatic carbocycles. The molecular weight excluding hydrogens is 246 g/mol. The fourth-order valence-corrected chi connectivity index (χ4v) is 2.49. The van der Waals surface area contributed by atoms with E-state index in [0.717, 1.165) is 31.8 Å². The van der Waals surface area contributed by atoms with Crippen molar-refractivity contribution in [3.05, 3.63) is 18.2 Å². The van der Waals surface area contributed by atoms with Crippen LogP contribution in [0, 0.1) is 5.92 Å². The molecule has 6 nitrogen and oxygen atoms in total. The second-order valence-electron chi connectivity index (χ2n) is 4.94. The number of aliphatic carboxylic acids is 1. The van der Waals surface area contributed by atoms with Gasteiger partial charge in [0.05, 0.1) is 19.1 Å². The molecule has 1 aromatic rings. The molecule has 1 atom stereocenters. The molecule has 6 heteroatoms. The standard InChI is InChI=1S/C13H21N3O3/c1-19-8-7-16-6-4-14-12(16)10-15-5-2-3-11(9-15)13(17)18/h4,6,11H,2-3,5,7-10H2,1H3,(H,17,18)/t11-/m1/s1. The van der Waals surface area contributed by atoms with Crippen LogP contribution in [0.5, 0.6) is 0 Å². The molecule has 2 rings (SSSR count). The number of hydrogen-bond acceptors (Lipinski definition) is 4. The van der Waals surface area contributed by atoms with Crippen molar-refractivity contribution in [3.63, 3.8) is 0 Å². The number of carboxylic acid groups (broad SMARTS) is 1. The van der Waals surface area contributed by atoms with Crippen molar-refractivity contribution in [3.8, 4) is 0 Å². The number of likely N-dealkylation sites (tertiary alicyclic amines) is 1. The topological polar surface area (TPSA) is 67.6 Å². The number of nitrogens with zero attached hydrogens (tertiary/aromatic N) is 3. The Morgan fingerprint density at radius 2 is 2.47 bits per heavy atom. The third-order valence-electron chi connectivity index (χ3n) is 3.56. The van der Waals surface area contributed by atoms with Crippen LogP contribution in [0.4, 0.5) is 0 Å². The van der Waals surface area contributed by atoms with Gasteiger partial charge in [-0.2, -0.15) is 0 Å². The molecule has 106 valence electrons. The highest BCUT2D eigenvalue weighted by Gasteiger charge is 2.25. The SMILES string of the molecule is COCCn1ccnc1CN1CCC[C@@H](C(=O)O)C1. The molecule has 0 radical (unpaired) electrons. The molecule has 0 saturated carbocycles. The van der Waals surface area contributed by atoms with Crippen LogP contribution in [0.15, 0.2) is 12.4 Å². The van der Waals surface area contributed by atoms with Crippen LogP contribution in [0.25, 0.3) is 0 Å². The van der Waals surface area contributed by atoms with Gasteiger partial charge in [0.2, 0.25) is 0 Å². The zero-order chi connectivity index (χ0) is 13.7. The number of ether oxygens (including phenoxy) is 1. The normalized spacial score (nSPS) is 20.6. The molecule has 19 heavy (non-hydrogen) atoms. The van der Waals surface area contributed by atoms with Gasteiger partial charge in [-0.15, -0.1) is 0 Å². The molecule has 0 unspecified atom stereocenters. The van der Waals surface area contributed by atoms with Crippen molar-refractivity contribution in [1.82, 2.24) is 14.5 Å². The van der Waals surface area contributed by atoms with Crippen molar-refractivity contribution < 1.29 is 14.6 Å². The van der Waals surface area contributed by atoms with E-state index in [9.17, 15) is 4.79 Å². The molecule has 0 amide bonds. The number of carbonyl (C=O) groups is 1. The van der Waals surface area contributed by atoms with Crippen LogP contribution in [0.2, 0.25) is 0 Å². The monoisotopic (exact) mass is 267 g/mol. The highest BCUT2D eigenvalue weighted by molar-refractivity contribution is 5.70. The maximum absolute atomic E-state index is 11.0. The molecule has 1 saturated heterocycles. The minimum absolute atomic E-state index is 0.240. The smallest absolute Gasteiger partial charge is 0.307 e. The molecule has 0 aliphatic carbocycles. The minimum Gasteiger partial charge on any atom is -0.481 e. The minimum atomic E-state index is -0.688. The van der Waals surface area contributed by atoms with Gasteiger partial charge in [-0.05, 0) is 19.4 Å². The third kappa shape index (κ3) is 3.78. The van der Waals surface area contributed by atoms with Crippen molar-refractivity contribution in [2.75, 3.05) is 26.8 Å². The Morgan fingerprint density at radius 1 is 1.63 bits per heavy atom. The highest BCUT2D eigenvalue weighted by atomic mass is 16.5. The van der Waals surface area contributed by atoms with E-state index >= 15 is 0 Å². The summed E-state index contributed by atoms with van der Waals surface area (Å²) in [4.78, 5) is 17.6. The second kappa shape index (κ2) is 6.68. The van der Waals surface area contributed by atoms with Gasteiger partial charge in [0.15, 0.2) is 0 Å². The Balaban J connectivity index is 1.93. The van der Waals surface area contributed by atoms with Crippen LogP contribution in [-0.4, -0.2) is 52.3 Å². The van der Waals surface area contributed by atoms with Crippen LogP contribution in [0.1, 0.15) is 18.7 Å². The van der Waals surface area contributed by atoms with Gasteiger partial charge in [-0.1, -0.05) is 0 Å². The largest absolute Gasteiger partial charge is 0.481 e. The van der Waals surface area contributed by atoms with Crippen LogP contribution in [0.3, 0.4) is 0 Å². The summed E-state index contributed by atoms with van der Waals surface area (Å²) >= 11 is 0. The number of piperidine rings is 1. The molecule has 0 bridgehead atoms. The highest BCUT2D eigenvalue weighted by Crippen LogP contribution is 2.18. The van der Waals surface area contributed by atoms with E-state index in [1.807, 2.05) is 6.20 Å². The van der Waals surface area contributed by atoms with Gasteiger partial charge < -0.3 is 14.4 Å². The number of rotatable bonds is 6. The van der Waals surface area contributed by atoms with E-state index in [-0.39, 0.29) is 5.92 Å². The van der Waals surface area contributed by atoms with Gasteiger partial charge in [-0.25, -0.2) is 4.98 Å². The molecule has 1 N–H and O–H groups in total. The number of carboxylic acids is 1. The molecule has 2 heterocycles. The predicted molar refractivity (Wildman–Crippen MR) is 69.7 cm³/mol. The van der Waals surface area contributed by atoms with Crippen LogP contribution < -0.4 is 0 Å². The van der Waals surface area contributed by atoms with E-state index < -0.39 is 5.97 Å². The van der Waals surface area contributed by atoms with Crippen molar-refractivity contribution in [1.29, 1.82) is 0 Å². The zero-order valence-corrected chi connectivity index (χ0v) is 11.3. The molecule has 1 aliphatic rings. The van der Waals surface area contributed by atoms with E-state index in [4.69, 9.17) is 9.84 Å². The summed E-state index contributed by atoms with van der Waals surface area (Å²) in [6, 6.07) is 0. The molecule has 1 aliphatic heterocycles. The van der Waals surface area contributed by atoms with E-state index in [2.05, 4.69) is 14.5 Å². The fraction of sp³-hybridized carbons (Fsp3) is 0.692. The average molecular weight is 267 g/mol. The lowest BCUT2D eigenvalue weighted by Gasteiger charge is -2.30.